The number of hydrogen-bond acceptors (Lipinski definition) is 5. The molecule has 1 fully saturated rings. The molecule has 0 unspecified atom stereocenters. The van der Waals surface area contributed by atoms with Gasteiger partial charge in [-0.05, 0) is 23.6 Å². The number of carbonyl (C=O) groups is 1. The standard InChI is InChI=1S/C16H20N4OS/c21-16(14-4-3-13-22-14)18-7-8-19-9-11-20(12-10-19)15-5-1-2-6-17-15/h1-6,13H,7-12H2,(H,18,21). The topological polar surface area (TPSA) is 48.5 Å². The van der Waals surface area contributed by atoms with Crippen molar-refractivity contribution < 1.29 is 4.79 Å². The van der Waals surface area contributed by atoms with Gasteiger partial charge >= 0.3 is 0 Å². The first-order chi connectivity index (χ1) is 10.8. The number of thiophene rings is 1. The molecular formula is C16H20N4OS. The molecule has 0 aromatic carbocycles. The van der Waals surface area contributed by atoms with E-state index in [1.54, 1.807) is 0 Å². The van der Waals surface area contributed by atoms with Crippen LogP contribution in [0.2, 0.25) is 0 Å². The number of piperazine rings is 1. The summed E-state index contributed by atoms with van der Waals surface area (Å²) in [4.78, 5) is 21.7. The van der Waals surface area contributed by atoms with Crippen LogP contribution in [0.15, 0.2) is 41.9 Å². The second-order valence-corrected chi connectivity index (χ2v) is 6.20. The van der Waals surface area contributed by atoms with Crippen molar-refractivity contribution in [1.82, 2.24) is 15.2 Å². The summed E-state index contributed by atoms with van der Waals surface area (Å²) in [6.07, 6.45) is 1.84. The van der Waals surface area contributed by atoms with Crippen LogP contribution in [0.5, 0.6) is 0 Å². The van der Waals surface area contributed by atoms with Crippen LogP contribution in [-0.4, -0.2) is 55.1 Å². The highest BCUT2D eigenvalue weighted by Crippen LogP contribution is 2.12. The lowest BCUT2D eigenvalue weighted by molar-refractivity contribution is 0.0952. The van der Waals surface area contributed by atoms with Gasteiger partial charge in [-0.3, -0.25) is 9.69 Å². The summed E-state index contributed by atoms with van der Waals surface area (Å²) in [5.41, 5.74) is 0. The predicted molar refractivity (Wildman–Crippen MR) is 89.5 cm³/mol. The van der Waals surface area contributed by atoms with E-state index in [9.17, 15) is 4.79 Å². The summed E-state index contributed by atoms with van der Waals surface area (Å²) in [5, 5.41) is 4.90. The molecule has 2 aromatic rings. The van der Waals surface area contributed by atoms with Crippen LogP contribution in [0, 0.1) is 0 Å². The number of pyridine rings is 1. The molecule has 3 rings (SSSR count). The minimum atomic E-state index is 0.0297. The van der Waals surface area contributed by atoms with Crippen molar-refractivity contribution in [3.63, 3.8) is 0 Å². The van der Waals surface area contributed by atoms with Gasteiger partial charge in [-0.15, -0.1) is 11.3 Å². The Morgan fingerprint density at radius 3 is 2.73 bits per heavy atom. The Balaban J connectivity index is 1.38. The van der Waals surface area contributed by atoms with Crippen LogP contribution in [0.25, 0.3) is 0 Å². The molecule has 22 heavy (non-hydrogen) atoms. The molecule has 0 bridgehead atoms. The van der Waals surface area contributed by atoms with Crippen LogP contribution in [0.1, 0.15) is 9.67 Å². The molecule has 2 aromatic heterocycles. The Kier molecular flexibility index (Phi) is 5.03. The van der Waals surface area contributed by atoms with Gasteiger partial charge in [-0.1, -0.05) is 12.1 Å². The minimum absolute atomic E-state index is 0.0297. The van der Waals surface area contributed by atoms with Crippen LogP contribution in [-0.2, 0) is 0 Å². The Morgan fingerprint density at radius 2 is 2.05 bits per heavy atom. The van der Waals surface area contributed by atoms with Gasteiger partial charge in [0.15, 0.2) is 0 Å². The zero-order chi connectivity index (χ0) is 15.2. The number of carbonyl (C=O) groups excluding carboxylic acids is 1. The highest BCUT2D eigenvalue weighted by atomic mass is 32.1. The van der Waals surface area contributed by atoms with Crippen LogP contribution < -0.4 is 10.2 Å². The van der Waals surface area contributed by atoms with E-state index in [1.165, 1.54) is 11.3 Å². The number of nitrogens with zero attached hydrogens (tertiary/aromatic N) is 3. The second kappa shape index (κ2) is 7.38. The van der Waals surface area contributed by atoms with E-state index in [1.807, 2.05) is 35.8 Å². The molecule has 3 heterocycles. The molecule has 1 aliphatic heterocycles. The third-order valence-corrected chi connectivity index (χ3v) is 4.67. The van der Waals surface area contributed by atoms with Gasteiger partial charge in [0.05, 0.1) is 4.88 Å². The van der Waals surface area contributed by atoms with E-state index < -0.39 is 0 Å². The zero-order valence-electron chi connectivity index (χ0n) is 12.4. The first-order valence-corrected chi connectivity index (χ1v) is 8.41. The normalized spacial score (nSPS) is 15.7. The lowest BCUT2D eigenvalue weighted by atomic mass is 10.3. The summed E-state index contributed by atoms with van der Waals surface area (Å²) in [6.45, 7) is 5.57. The maximum Gasteiger partial charge on any atom is 0.261 e. The number of nitrogens with one attached hydrogen (secondary N) is 1. The molecule has 1 aliphatic rings. The number of aromatic nitrogens is 1. The first kappa shape index (κ1) is 15.0. The van der Waals surface area contributed by atoms with Crippen molar-refractivity contribution in [2.45, 2.75) is 0 Å². The maximum atomic E-state index is 11.8. The molecular weight excluding hydrogens is 296 g/mol. The van der Waals surface area contributed by atoms with Crippen molar-refractivity contribution in [1.29, 1.82) is 0 Å². The maximum absolute atomic E-state index is 11.8. The van der Waals surface area contributed by atoms with E-state index in [0.29, 0.717) is 6.54 Å². The summed E-state index contributed by atoms with van der Waals surface area (Å²) in [6, 6.07) is 9.77. The Labute approximate surface area is 134 Å². The van der Waals surface area contributed by atoms with E-state index >= 15 is 0 Å². The quantitative estimate of drug-likeness (QED) is 0.912. The summed E-state index contributed by atoms with van der Waals surface area (Å²) >= 11 is 1.48. The van der Waals surface area contributed by atoms with Gasteiger partial charge in [0.25, 0.3) is 5.91 Å². The molecule has 0 atom stereocenters. The van der Waals surface area contributed by atoms with E-state index in [0.717, 1.165) is 43.4 Å². The van der Waals surface area contributed by atoms with Crippen LogP contribution >= 0.6 is 11.3 Å². The zero-order valence-corrected chi connectivity index (χ0v) is 13.3. The molecule has 5 nitrogen and oxygen atoms in total. The average molecular weight is 316 g/mol. The van der Waals surface area contributed by atoms with Gasteiger partial charge in [-0.25, -0.2) is 4.98 Å². The average Bonchev–Trinajstić information content (AvgIpc) is 3.11. The Morgan fingerprint density at radius 1 is 1.18 bits per heavy atom. The summed E-state index contributed by atoms with van der Waals surface area (Å²) in [7, 11) is 0. The van der Waals surface area contributed by atoms with Gasteiger partial charge < -0.3 is 10.2 Å². The Bertz CT molecular complexity index is 579. The monoisotopic (exact) mass is 316 g/mol. The van der Waals surface area contributed by atoms with Crippen molar-refractivity contribution in [2.24, 2.45) is 0 Å². The molecule has 1 N–H and O–H groups in total. The summed E-state index contributed by atoms with van der Waals surface area (Å²) in [5.74, 6) is 1.08. The fourth-order valence-electron chi connectivity index (χ4n) is 2.56. The third-order valence-electron chi connectivity index (χ3n) is 3.80. The smallest absolute Gasteiger partial charge is 0.261 e. The fourth-order valence-corrected chi connectivity index (χ4v) is 3.20. The molecule has 6 heteroatoms. The van der Waals surface area contributed by atoms with Crippen molar-refractivity contribution in [3.05, 3.63) is 46.8 Å². The predicted octanol–water partition coefficient (Wildman–Crippen LogP) is 1.70. The highest BCUT2D eigenvalue weighted by Gasteiger charge is 2.17. The minimum Gasteiger partial charge on any atom is -0.354 e. The number of amides is 1. The molecule has 0 spiro atoms. The highest BCUT2D eigenvalue weighted by molar-refractivity contribution is 7.12. The molecule has 1 saturated heterocycles. The van der Waals surface area contributed by atoms with E-state index in [2.05, 4.69) is 26.2 Å². The molecule has 0 aliphatic carbocycles. The number of rotatable bonds is 5. The summed E-state index contributed by atoms with van der Waals surface area (Å²) < 4.78 is 0. The van der Waals surface area contributed by atoms with Crippen molar-refractivity contribution >= 4 is 23.1 Å². The van der Waals surface area contributed by atoms with Crippen LogP contribution in [0.4, 0.5) is 5.82 Å². The largest absolute Gasteiger partial charge is 0.354 e. The molecule has 0 radical (unpaired) electrons. The lowest BCUT2D eigenvalue weighted by Gasteiger charge is -2.35. The molecule has 0 saturated carbocycles. The fraction of sp³-hybridized carbons (Fsp3) is 0.375. The molecule has 1 amide bonds. The van der Waals surface area contributed by atoms with Gasteiger partial charge in [-0.2, -0.15) is 0 Å². The first-order valence-electron chi connectivity index (χ1n) is 7.53. The number of hydrogen-bond donors (Lipinski definition) is 1. The Hall–Kier alpha value is -1.92. The molecule has 116 valence electrons. The third kappa shape index (κ3) is 3.84. The van der Waals surface area contributed by atoms with Crippen molar-refractivity contribution in [3.8, 4) is 0 Å². The lowest BCUT2D eigenvalue weighted by Crippen LogP contribution is -2.48. The SMILES string of the molecule is O=C(NCCN1CCN(c2ccccn2)CC1)c1cccs1. The van der Waals surface area contributed by atoms with Crippen molar-refractivity contribution in [2.75, 3.05) is 44.2 Å². The van der Waals surface area contributed by atoms with Gasteiger partial charge in [0, 0.05) is 45.5 Å². The van der Waals surface area contributed by atoms with Gasteiger partial charge in [0.2, 0.25) is 0 Å². The van der Waals surface area contributed by atoms with E-state index in [4.69, 9.17) is 0 Å². The second-order valence-electron chi connectivity index (χ2n) is 5.25. The van der Waals surface area contributed by atoms with Gasteiger partial charge in [0.1, 0.15) is 5.82 Å². The van der Waals surface area contributed by atoms with E-state index in [-0.39, 0.29) is 5.91 Å². The van der Waals surface area contributed by atoms with Crippen LogP contribution in [0.3, 0.4) is 0 Å². The number of anilines is 1.